The lowest BCUT2D eigenvalue weighted by Gasteiger charge is -2.59. The Morgan fingerprint density at radius 3 is 2.64 bits per heavy atom. The summed E-state index contributed by atoms with van der Waals surface area (Å²) in [6.07, 6.45) is 18.8. The van der Waals surface area contributed by atoms with E-state index in [1.807, 2.05) is 12.1 Å². The van der Waals surface area contributed by atoms with Crippen molar-refractivity contribution in [2.24, 2.45) is 57.1 Å². The summed E-state index contributed by atoms with van der Waals surface area (Å²) >= 11 is 0. The minimum Gasteiger partial charge on any atom is -0.508 e. The van der Waals surface area contributed by atoms with Crippen molar-refractivity contribution in [3.63, 3.8) is 0 Å². The van der Waals surface area contributed by atoms with Gasteiger partial charge in [0, 0.05) is 35.1 Å². The summed E-state index contributed by atoms with van der Waals surface area (Å²) in [6, 6.07) is 13.8. The van der Waals surface area contributed by atoms with Gasteiger partial charge in [0.15, 0.2) is 5.96 Å². The number of aliphatic imine (C=N–C) groups is 1. The molecule has 9 heteroatoms. The fraction of sp³-hybridized carbons (Fsp3) is 0.660. The zero-order chi connectivity index (χ0) is 41.2. The zero-order valence-corrected chi connectivity index (χ0v) is 35.5. The van der Waals surface area contributed by atoms with E-state index in [0.717, 1.165) is 106 Å². The van der Waals surface area contributed by atoms with Crippen molar-refractivity contribution in [2.45, 2.75) is 153 Å². The summed E-state index contributed by atoms with van der Waals surface area (Å²) in [5.41, 5.74) is 9.64. The van der Waals surface area contributed by atoms with Gasteiger partial charge in [-0.25, -0.2) is 0 Å². The molecule has 0 unspecified atom stereocenters. The maximum atomic E-state index is 11.7. The normalized spacial score (nSPS) is 40.2. The van der Waals surface area contributed by atoms with Gasteiger partial charge < -0.3 is 40.6 Å². The van der Waals surface area contributed by atoms with Gasteiger partial charge in [0.2, 0.25) is 0 Å². The molecule has 0 radical (unpaired) electrons. The molecular weight excluding hydrogens is 739 g/mol. The van der Waals surface area contributed by atoms with Crippen LogP contribution in [-0.2, 0) is 17.6 Å². The number of rotatable bonds is 11. The molecule has 5 aliphatic carbocycles. The van der Waals surface area contributed by atoms with Crippen molar-refractivity contribution in [1.82, 2.24) is 5.32 Å². The standard InChI is InChI=1S/C50H69N3O6/c1-31-25-49(19-13-33(26-49)14-20-50(57)17-5-8-39(55)27-50)45-48(3,59-45)18-15-42-40(31)28-47(42,2)43-24-37(23-36(43)22-32-9-11-38(54)12-10-32)44(56)53-46(51)52-21-16-34-6-4-7-35-29-58-30-41(34)35/h4,6-7,9-12,29-30,33,36-37,39-40,42-45,54-57H,1,5,8,13-28H2,2-3H3,(H3,51,52,53)/t33-,36-,37+,39+,40+,42-,43+,44-,45+,47-,48+,49+,50+/m0/s1. The Labute approximate surface area is 350 Å². The first-order chi connectivity index (χ1) is 28.2. The van der Waals surface area contributed by atoms with Crippen LogP contribution in [0.2, 0.25) is 0 Å². The Balaban J connectivity index is 0.879. The summed E-state index contributed by atoms with van der Waals surface area (Å²) in [4.78, 5) is 4.62. The Hall–Kier alpha value is -3.37. The number of furan rings is 1. The van der Waals surface area contributed by atoms with Gasteiger partial charge in [0.25, 0.3) is 0 Å². The van der Waals surface area contributed by atoms with Gasteiger partial charge in [-0.05, 0) is 168 Å². The van der Waals surface area contributed by atoms with E-state index in [1.165, 1.54) is 24.0 Å². The number of benzene rings is 2. The van der Waals surface area contributed by atoms with Gasteiger partial charge in [0.05, 0.1) is 35.9 Å². The van der Waals surface area contributed by atoms with Crippen molar-refractivity contribution in [3.05, 3.63) is 78.3 Å². The van der Waals surface area contributed by atoms with Crippen LogP contribution in [0.1, 0.15) is 121 Å². The Kier molecular flexibility index (Phi) is 11.0. The highest BCUT2D eigenvalue weighted by Crippen LogP contribution is 2.70. The molecule has 1 aliphatic heterocycles. The predicted molar refractivity (Wildman–Crippen MR) is 231 cm³/mol. The highest BCUT2D eigenvalue weighted by atomic mass is 16.6. The second-order valence-corrected chi connectivity index (χ2v) is 21.0. The van der Waals surface area contributed by atoms with Crippen LogP contribution in [0.25, 0.3) is 10.8 Å². The lowest BCUT2D eigenvalue weighted by Crippen LogP contribution is -2.52. The van der Waals surface area contributed by atoms with Crippen LogP contribution in [-0.4, -0.2) is 62.6 Å². The van der Waals surface area contributed by atoms with Crippen LogP contribution in [0.15, 0.2) is 76.6 Å². The molecule has 2 aromatic carbocycles. The van der Waals surface area contributed by atoms with Gasteiger partial charge in [-0.1, -0.05) is 49.4 Å². The first kappa shape index (κ1) is 41.0. The molecule has 5 saturated carbocycles. The number of nitrogens with zero attached hydrogens (tertiary/aromatic N) is 1. The first-order valence-electron chi connectivity index (χ1n) is 23.0. The SMILES string of the molecule is C=C1C[C@@]2(CC[C@@H](CC[C@]3(O)CCC[C@@H](O)C3)C2)[C@@H]2O[C@]2(C)CC[C@H]2[C@@H]1C[C@]2(C)[C@@H]1C[C@H]([C@H](O)NC(N)=NCCc2cccc3cocc23)C[C@@H]1Cc1ccc(O)cc1. The van der Waals surface area contributed by atoms with Crippen LogP contribution in [0.5, 0.6) is 5.75 Å². The van der Waals surface area contributed by atoms with E-state index < -0.39 is 11.8 Å². The quantitative estimate of drug-likeness (QED) is 0.0370. The molecule has 7 N–H and O–H groups in total. The Bertz CT molecular complexity index is 2010. The molecule has 1 aromatic heterocycles. The Morgan fingerprint density at radius 1 is 1.00 bits per heavy atom. The number of hydrogen-bond acceptors (Lipinski definition) is 7. The molecule has 0 bridgehead atoms. The van der Waals surface area contributed by atoms with Gasteiger partial charge in [-0.15, -0.1) is 0 Å². The summed E-state index contributed by atoms with van der Waals surface area (Å²) < 4.78 is 12.2. The molecule has 3 aromatic rings. The summed E-state index contributed by atoms with van der Waals surface area (Å²) in [5, 5.41) is 48.7. The van der Waals surface area contributed by atoms with E-state index in [4.69, 9.17) is 21.5 Å². The number of nitrogens with one attached hydrogen (secondary N) is 1. The second-order valence-electron chi connectivity index (χ2n) is 21.0. The number of guanidine groups is 1. The topological polar surface area (TPSA) is 157 Å². The van der Waals surface area contributed by atoms with E-state index >= 15 is 0 Å². The van der Waals surface area contributed by atoms with E-state index in [2.05, 4.69) is 42.4 Å². The number of phenols is 1. The number of fused-ring (bicyclic) bond motifs is 4. The zero-order valence-electron chi connectivity index (χ0n) is 35.5. The molecule has 13 atom stereocenters. The smallest absolute Gasteiger partial charge is 0.190 e. The predicted octanol–water partition coefficient (Wildman–Crippen LogP) is 8.56. The number of aromatic hydroxyl groups is 1. The van der Waals surface area contributed by atoms with Crippen LogP contribution < -0.4 is 11.1 Å². The highest BCUT2D eigenvalue weighted by molar-refractivity contribution is 5.84. The third kappa shape index (κ3) is 8.11. The number of hydrogen-bond donors (Lipinski definition) is 6. The molecule has 320 valence electrons. The molecule has 2 heterocycles. The number of epoxide rings is 1. The Morgan fingerprint density at radius 2 is 1.83 bits per heavy atom. The monoisotopic (exact) mass is 808 g/mol. The summed E-state index contributed by atoms with van der Waals surface area (Å²) in [7, 11) is 0. The molecular formula is C50H69N3O6. The molecule has 6 aliphatic rings. The molecule has 0 amide bonds. The first-order valence-corrected chi connectivity index (χ1v) is 23.0. The minimum atomic E-state index is -0.794. The largest absolute Gasteiger partial charge is 0.508 e. The van der Waals surface area contributed by atoms with Crippen LogP contribution in [0.3, 0.4) is 0 Å². The molecule has 1 spiro atoms. The van der Waals surface area contributed by atoms with E-state index in [-0.39, 0.29) is 46.3 Å². The van der Waals surface area contributed by atoms with Crippen molar-refractivity contribution in [1.29, 1.82) is 0 Å². The van der Waals surface area contributed by atoms with Gasteiger partial charge >= 0.3 is 0 Å². The molecule has 9 nitrogen and oxygen atoms in total. The van der Waals surface area contributed by atoms with Crippen molar-refractivity contribution >= 4 is 16.7 Å². The fourth-order valence-corrected chi connectivity index (χ4v) is 14.0. The molecule has 1 saturated heterocycles. The van der Waals surface area contributed by atoms with Gasteiger partial charge in [-0.3, -0.25) is 4.99 Å². The average Bonchev–Trinajstić information content (AvgIpc) is 3.60. The number of phenolic OH excluding ortho intramolecular Hbond substituents is 1. The second kappa shape index (κ2) is 15.8. The fourth-order valence-electron chi connectivity index (χ4n) is 14.0. The van der Waals surface area contributed by atoms with Crippen LogP contribution >= 0.6 is 0 Å². The van der Waals surface area contributed by atoms with E-state index in [0.29, 0.717) is 42.6 Å². The maximum Gasteiger partial charge on any atom is 0.190 e. The van der Waals surface area contributed by atoms with Gasteiger partial charge in [0.1, 0.15) is 12.0 Å². The highest BCUT2D eigenvalue weighted by Gasteiger charge is 2.67. The number of nitrogens with two attached hydrogens (primary N) is 1. The lowest BCUT2D eigenvalue weighted by molar-refractivity contribution is -0.0839. The minimum absolute atomic E-state index is 0.0354. The average molecular weight is 808 g/mol. The third-order valence-electron chi connectivity index (χ3n) is 17.1. The van der Waals surface area contributed by atoms with Gasteiger partial charge in [-0.2, -0.15) is 0 Å². The van der Waals surface area contributed by atoms with Crippen molar-refractivity contribution < 1.29 is 29.6 Å². The molecule has 9 rings (SSSR count). The number of ether oxygens (including phenoxy) is 1. The number of aliphatic hydroxyl groups excluding tert-OH is 2. The number of allylic oxidation sites excluding steroid dienone is 1. The van der Waals surface area contributed by atoms with Crippen molar-refractivity contribution in [2.75, 3.05) is 6.54 Å². The van der Waals surface area contributed by atoms with Crippen LogP contribution in [0.4, 0.5) is 0 Å². The van der Waals surface area contributed by atoms with Crippen molar-refractivity contribution in [3.8, 4) is 5.75 Å². The molecule has 59 heavy (non-hydrogen) atoms. The maximum absolute atomic E-state index is 11.7. The van der Waals surface area contributed by atoms with E-state index in [1.54, 1.807) is 24.7 Å². The van der Waals surface area contributed by atoms with Crippen LogP contribution in [0, 0.1) is 46.3 Å². The van der Waals surface area contributed by atoms with E-state index in [9.17, 15) is 20.4 Å². The molecule has 6 fully saturated rings. The summed E-state index contributed by atoms with van der Waals surface area (Å²) in [5.74, 6) is 2.97. The lowest BCUT2D eigenvalue weighted by atomic mass is 9.45. The third-order valence-corrected chi connectivity index (χ3v) is 17.1. The number of aliphatic hydroxyl groups is 3. The summed E-state index contributed by atoms with van der Waals surface area (Å²) in [6.45, 7) is 10.3.